The third-order valence-corrected chi connectivity index (χ3v) is 5.23. The van der Waals surface area contributed by atoms with Crippen molar-refractivity contribution in [1.29, 1.82) is 0 Å². The molecule has 1 aliphatic heterocycles. The monoisotopic (exact) mass is 382 g/mol. The van der Waals surface area contributed by atoms with Gasteiger partial charge in [0.25, 0.3) is 5.69 Å². The lowest BCUT2D eigenvalue weighted by Gasteiger charge is -2.31. The fourth-order valence-electron chi connectivity index (χ4n) is 3.71. The van der Waals surface area contributed by atoms with E-state index in [9.17, 15) is 19.3 Å². The molecule has 0 aliphatic carbocycles. The number of imidazole rings is 1. The van der Waals surface area contributed by atoms with Gasteiger partial charge in [0.2, 0.25) is 5.91 Å². The van der Waals surface area contributed by atoms with Crippen molar-refractivity contribution in [2.24, 2.45) is 0 Å². The first kappa shape index (κ1) is 18.1. The number of likely N-dealkylation sites (tertiary alicyclic amines) is 1. The first-order valence-electron chi connectivity index (χ1n) is 9.16. The molecule has 4 rings (SSSR count). The second-order valence-electron chi connectivity index (χ2n) is 7.00. The maximum absolute atomic E-state index is 13.4. The van der Waals surface area contributed by atoms with Crippen LogP contribution in [0.4, 0.5) is 10.1 Å². The Kier molecular flexibility index (Phi) is 4.77. The zero-order chi connectivity index (χ0) is 19.7. The molecule has 0 atom stereocenters. The van der Waals surface area contributed by atoms with Gasteiger partial charge in [-0.1, -0.05) is 18.2 Å². The van der Waals surface area contributed by atoms with Gasteiger partial charge in [-0.05, 0) is 31.0 Å². The SMILES string of the molecule is O=C(Cc1ccccc1[N+](=O)[O-])N1CCC(c2nc3ccc(F)cc3[nH]2)CC1. The number of hydrogen-bond donors (Lipinski definition) is 1. The predicted molar refractivity (Wildman–Crippen MR) is 101 cm³/mol. The van der Waals surface area contributed by atoms with E-state index in [1.54, 1.807) is 29.2 Å². The van der Waals surface area contributed by atoms with Gasteiger partial charge in [0, 0.05) is 30.6 Å². The van der Waals surface area contributed by atoms with Crippen molar-refractivity contribution in [3.05, 3.63) is 69.8 Å². The van der Waals surface area contributed by atoms with Crippen LogP contribution >= 0.6 is 0 Å². The van der Waals surface area contributed by atoms with Crippen LogP contribution in [0.1, 0.15) is 30.1 Å². The number of hydrogen-bond acceptors (Lipinski definition) is 4. The fourth-order valence-corrected chi connectivity index (χ4v) is 3.71. The number of H-pyrrole nitrogens is 1. The Hall–Kier alpha value is -3.29. The molecule has 1 amide bonds. The van der Waals surface area contributed by atoms with E-state index in [1.807, 2.05) is 0 Å². The number of benzene rings is 2. The highest BCUT2D eigenvalue weighted by Crippen LogP contribution is 2.28. The number of nitro benzene ring substituents is 1. The number of para-hydroxylation sites is 1. The summed E-state index contributed by atoms with van der Waals surface area (Å²) in [5.41, 5.74) is 1.80. The number of nitro groups is 1. The second kappa shape index (κ2) is 7.38. The predicted octanol–water partition coefficient (Wildman–Crippen LogP) is 3.56. The molecule has 1 fully saturated rings. The lowest BCUT2D eigenvalue weighted by molar-refractivity contribution is -0.385. The average molecular weight is 382 g/mol. The van der Waals surface area contributed by atoms with Crippen LogP contribution in [0.25, 0.3) is 11.0 Å². The topological polar surface area (TPSA) is 92.1 Å². The van der Waals surface area contributed by atoms with Crippen molar-refractivity contribution in [2.45, 2.75) is 25.2 Å². The normalized spacial score (nSPS) is 15.1. The minimum atomic E-state index is -0.459. The lowest BCUT2D eigenvalue weighted by Crippen LogP contribution is -2.39. The lowest BCUT2D eigenvalue weighted by atomic mass is 9.95. The second-order valence-corrected chi connectivity index (χ2v) is 7.00. The smallest absolute Gasteiger partial charge is 0.273 e. The number of nitrogens with one attached hydrogen (secondary N) is 1. The molecule has 28 heavy (non-hydrogen) atoms. The van der Waals surface area contributed by atoms with Gasteiger partial charge < -0.3 is 9.88 Å². The highest BCUT2D eigenvalue weighted by atomic mass is 19.1. The van der Waals surface area contributed by atoms with Crippen molar-refractivity contribution in [1.82, 2.24) is 14.9 Å². The van der Waals surface area contributed by atoms with Crippen molar-refractivity contribution in [3.8, 4) is 0 Å². The summed E-state index contributed by atoms with van der Waals surface area (Å²) in [4.78, 5) is 32.7. The van der Waals surface area contributed by atoms with E-state index in [-0.39, 0.29) is 29.8 Å². The van der Waals surface area contributed by atoms with Crippen LogP contribution in [0.5, 0.6) is 0 Å². The average Bonchev–Trinajstić information content (AvgIpc) is 3.11. The third kappa shape index (κ3) is 3.58. The van der Waals surface area contributed by atoms with Crippen molar-refractivity contribution in [2.75, 3.05) is 13.1 Å². The molecule has 1 aliphatic rings. The van der Waals surface area contributed by atoms with Crippen molar-refractivity contribution < 1.29 is 14.1 Å². The molecule has 0 radical (unpaired) electrons. The Labute approximate surface area is 160 Å². The highest BCUT2D eigenvalue weighted by molar-refractivity contribution is 5.80. The maximum atomic E-state index is 13.4. The van der Waals surface area contributed by atoms with Gasteiger partial charge in [0.1, 0.15) is 11.6 Å². The Morgan fingerprint density at radius 1 is 1.25 bits per heavy atom. The summed E-state index contributed by atoms with van der Waals surface area (Å²) in [7, 11) is 0. The molecule has 8 heteroatoms. The molecule has 2 aromatic carbocycles. The standard InChI is InChI=1S/C20H19FN4O3/c21-15-5-6-16-17(12-15)23-20(22-16)13-7-9-24(10-8-13)19(26)11-14-3-1-2-4-18(14)25(27)28/h1-6,12-13H,7-11H2,(H,22,23). The number of rotatable bonds is 4. The minimum Gasteiger partial charge on any atom is -0.342 e. The summed E-state index contributed by atoms with van der Waals surface area (Å²) in [6.45, 7) is 1.13. The number of aromatic amines is 1. The first-order valence-corrected chi connectivity index (χ1v) is 9.16. The summed E-state index contributed by atoms with van der Waals surface area (Å²) in [6.07, 6.45) is 1.50. The summed E-state index contributed by atoms with van der Waals surface area (Å²) in [5.74, 6) is 0.564. The van der Waals surface area contributed by atoms with Crippen LogP contribution in [0.2, 0.25) is 0 Å². The molecular formula is C20H19FN4O3. The number of fused-ring (bicyclic) bond motifs is 1. The van der Waals surface area contributed by atoms with Crippen LogP contribution in [0.15, 0.2) is 42.5 Å². The molecule has 7 nitrogen and oxygen atoms in total. The Morgan fingerprint density at radius 2 is 2.00 bits per heavy atom. The molecule has 1 saturated heterocycles. The zero-order valence-electron chi connectivity index (χ0n) is 15.1. The molecular weight excluding hydrogens is 363 g/mol. The van der Waals surface area contributed by atoms with Crippen LogP contribution in [-0.4, -0.2) is 38.8 Å². The first-order chi connectivity index (χ1) is 13.5. The summed E-state index contributed by atoms with van der Waals surface area (Å²) < 4.78 is 13.4. The van der Waals surface area contributed by atoms with Gasteiger partial charge >= 0.3 is 0 Å². The van der Waals surface area contributed by atoms with Crippen LogP contribution in [-0.2, 0) is 11.2 Å². The Morgan fingerprint density at radius 3 is 2.75 bits per heavy atom. The van der Waals surface area contributed by atoms with Crippen molar-refractivity contribution in [3.63, 3.8) is 0 Å². The Balaban J connectivity index is 1.41. The Bertz CT molecular complexity index is 1040. The van der Waals surface area contributed by atoms with Gasteiger partial charge in [-0.2, -0.15) is 0 Å². The number of nitrogens with zero attached hydrogens (tertiary/aromatic N) is 3. The van der Waals surface area contributed by atoms with Gasteiger partial charge in [0.15, 0.2) is 0 Å². The largest absolute Gasteiger partial charge is 0.342 e. The number of halogens is 1. The van der Waals surface area contributed by atoms with E-state index in [0.717, 1.165) is 24.2 Å². The number of piperidine rings is 1. The zero-order valence-corrected chi connectivity index (χ0v) is 15.1. The van der Waals surface area contributed by atoms with Crippen LogP contribution in [0.3, 0.4) is 0 Å². The van der Waals surface area contributed by atoms with Gasteiger partial charge in [-0.3, -0.25) is 14.9 Å². The number of carbonyl (C=O) groups excluding carboxylic acids is 1. The van der Waals surface area contributed by atoms with Gasteiger partial charge in [-0.25, -0.2) is 9.37 Å². The van der Waals surface area contributed by atoms with E-state index in [4.69, 9.17) is 0 Å². The molecule has 0 bridgehead atoms. The van der Waals surface area contributed by atoms with Gasteiger partial charge in [0.05, 0.1) is 22.4 Å². The number of amides is 1. The van der Waals surface area contributed by atoms with E-state index in [2.05, 4.69) is 9.97 Å². The van der Waals surface area contributed by atoms with E-state index >= 15 is 0 Å². The molecule has 0 spiro atoms. The van der Waals surface area contributed by atoms with Crippen molar-refractivity contribution >= 4 is 22.6 Å². The van der Waals surface area contributed by atoms with E-state index < -0.39 is 4.92 Å². The summed E-state index contributed by atoms with van der Waals surface area (Å²) in [6, 6.07) is 10.8. The molecule has 0 unspecified atom stereocenters. The molecule has 0 saturated carbocycles. The fraction of sp³-hybridized carbons (Fsp3) is 0.300. The highest BCUT2D eigenvalue weighted by Gasteiger charge is 2.27. The molecule has 1 aromatic heterocycles. The molecule has 3 aromatic rings. The summed E-state index contributed by atoms with van der Waals surface area (Å²) >= 11 is 0. The summed E-state index contributed by atoms with van der Waals surface area (Å²) in [5, 5.41) is 11.1. The minimum absolute atomic E-state index is 0.0196. The van der Waals surface area contributed by atoms with E-state index in [1.165, 1.54) is 18.2 Å². The quantitative estimate of drug-likeness (QED) is 0.552. The van der Waals surface area contributed by atoms with Gasteiger partial charge in [-0.15, -0.1) is 0 Å². The third-order valence-electron chi connectivity index (χ3n) is 5.23. The number of aromatic nitrogens is 2. The molecule has 2 heterocycles. The molecule has 1 N–H and O–H groups in total. The molecule has 144 valence electrons. The number of carbonyl (C=O) groups is 1. The van der Waals surface area contributed by atoms with E-state index in [0.29, 0.717) is 24.2 Å². The maximum Gasteiger partial charge on any atom is 0.273 e. The van der Waals surface area contributed by atoms with Crippen LogP contribution < -0.4 is 0 Å². The van der Waals surface area contributed by atoms with Crippen LogP contribution in [0, 0.1) is 15.9 Å².